The summed E-state index contributed by atoms with van der Waals surface area (Å²) in [5, 5.41) is 28.5. The van der Waals surface area contributed by atoms with Crippen LogP contribution in [-0.2, 0) is 5.41 Å². The van der Waals surface area contributed by atoms with Crippen LogP contribution < -0.4 is 0 Å². The zero-order valence-electron chi connectivity index (χ0n) is 11.0. The van der Waals surface area contributed by atoms with E-state index in [9.17, 15) is 5.26 Å². The summed E-state index contributed by atoms with van der Waals surface area (Å²) in [4.78, 5) is 0. The van der Waals surface area contributed by atoms with Crippen molar-refractivity contribution in [3.8, 4) is 6.07 Å². The summed E-state index contributed by atoms with van der Waals surface area (Å²) in [6.45, 7) is 3.66. The van der Waals surface area contributed by atoms with Gasteiger partial charge in [0.05, 0.1) is 21.5 Å². The maximum absolute atomic E-state index is 9.61. The Morgan fingerprint density at radius 2 is 2.00 bits per heavy atom. The lowest BCUT2D eigenvalue weighted by Gasteiger charge is -2.27. The zero-order chi connectivity index (χ0) is 15.2. The van der Waals surface area contributed by atoms with Crippen LogP contribution in [0.25, 0.3) is 0 Å². The van der Waals surface area contributed by atoms with Gasteiger partial charge in [-0.15, -0.1) is 6.58 Å². The van der Waals surface area contributed by atoms with E-state index in [2.05, 4.69) is 12.6 Å². The van der Waals surface area contributed by atoms with E-state index in [1.165, 1.54) is 0 Å². The van der Waals surface area contributed by atoms with Crippen molar-refractivity contribution in [3.05, 3.63) is 46.5 Å². The quantitative estimate of drug-likeness (QED) is 0.594. The molecule has 0 aliphatic carbocycles. The number of benzene rings is 1. The van der Waals surface area contributed by atoms with E-state index in [1.54, 1.807) is 24.3 Å². The van der Waals surface area contributed by atoms with Crippen LogP contribution in [0.3, 0.4) is 0 Å². The molecule has 0 aromatic heterocycles. The van der Waals surface area contributed by atoms with Crippen molar-refractivity contribution >= 4 is 23.2 Å². The number of nitrogens with zero attached hydrogens (tertiary/aromatic N) is 1. The molecule has 0 aliphatic rings. The first-order chi connectivity index (χ1) is 9.45. The van der Waals surface area contributed by atoms with Crippen LogP contribution in [0.15, 0.2) is 30.9 Å². The van der Waals surface area contributed by atoms with Crippen molar-refractivity contribution in [3.63, 3.8) is 0 Å². The second-order valence-electron chi connectivity index (χ2n) is 4.67. The third-order valence-electron chi connectivity index (χ3n) is 3.29. The molecule has 1 aromatic carbocycles. The highest BCUT2D eigenvalue weighted by molar-refractivity contribution is 6.42. The van der Waals surface area contributed by atoms with Crippen LogP contribution in [0, 0.1) is 11.3 Å². The van der Waals surface area contributed by atoms with E-state index in [-0.39, 0.29) is 6.42 Å². The van der Waals surface area contributed by atoms with Crippen LogP contribution in [0.4, 0.5) is 0 Å². The van der Waals surface area contributed by atoms with Crippen LogP contribution >= 0.6 is 23.2 Å². The summed E-state index contributed by atoms with van der Waals surface area (Å²) in [5.74, 6) is 0. The third kappa shape index (κ3) is 4.22. The number of hydrogen-bond donors (Lipinski definition) is 2. The third-order valence-corrected chi connectivity index (χ3v) is 4.03. The van der Waals surface area contributed by atoms with Gasteiger partial charge >= 0.3 is 0 Å². The molecule has 0 bridgehead atoms. The molecule has 0 heterocycles. The van der Waals surface area contributed by atoms with Gasteiger partial charge in [0, 0.05) is 0 Å². The SMILES string of the molecule is C=CCC[C@@](C#N)(CCC(O)O)c1ccc(Cl)c(Cl)c1. The maximum atomic E-state index is 9.61. The fourth-order valence-electron chi connectivity index (χ4n) is 2.11. The predicted molar refractivity (Wildman–Crippen MR) is 80.6 cm³/mol. The largest absolute Gasteiger partial charge is 0.368 e. The lowest BCUT2D eigenvalue weighted by Crippen LogP contribution is -2.26. The molecule has 0 amide bonds. The first-order valence-electron chi connectivity index (χ1n) is 6.29. The average molecular weight is 314 g/mol. The standard InChI is InChI=1S/C15H17Cl2NO2/c1-2-3-7-15(10-18,8-6-14(19)20)11-4-5-12(16)13(17)9-11/h2,4-5,9,14,19-20H,1,3,6-8H2/t15-/m0/s1. The van der Waals surface area contributed by atoms with Crippen molar-refractivity contribution in [1.82, 2.24) is 0 Å². The van der Waals surface area contributed by atoms with Gasteiger partial charge in [-0.1, -0.05) is 35.3 Å². The average Bonchev–Trinajstić information content (AvgIpc) is 2.43. The Morgan fingerprint density at radius 3 is 2.50 bits per heavy atom. The molecule has 0 saturated carbocycles. The van der Waals surface area contributed by atoms with Gasteiger partial charge in [-0.3, -0.25) is 0 Å². The first-order valence-corrected chi connectivity index (χ1v) is 7.04. The van der Waals surface area contributed by atoms with E-state index < -0.39 is 11.7 Å². The van der Waals surface area contributed by atoms with E-state index in [0.29, 0.717) is 29.3 Å². The molecule has 20 heavy (non-hydrogen) atoms. The molecular weight excluding hydrogens is 297 g/mol. The smallest absolute Gasteiger partial charge is 0.151 e. The van der Waals surface area contributed by atoms with Gasteiger partial charge < -0.3 is 10.2 Å². The van der Waals surface area contributed by atoms with Crippen LogP contribution in [-0.4, -0.2) is 16.5 Å². The number of rotatable bonds is 7. The molecule has 0 spiro atoms. The topological polar surface area (TPSA) is 64.2 Å². The highest BCUT2D eigenvalue weighted by Gasteiger charge is 2.32. The maximum Gasteiger partial charge on any atom is 0.151 e. The number of aliphatic hydroxyl groups is 2. The van der Waals surface area contributed by atoms with Crippen molar-refractivity contribution in [2.24, 2.45) is 0 Å². The van der Waals surface area contributed by atoms with Crippen LogP contribution in [0.5, 0.6) is 0 Å². The lowest BCUT2D eigenvalue weighted by molar-refractivity contribution is -0.0489. The number of aliphatic hydroxyl groups excluding tert-OH is 1. The number of allylic oxidation sites excluding steroid dienone is 1. The van der Waals surface area contributed by atoms with Gasteiger partial charge in [0.25, 0.3) is 0 Å². The number of hydrogen-bond acceptors (Lipinski definition) is 3. The molecule has 0 saturated heterocycles. The second kappa shape index (κ2) is 7.66. The summed E-state index contributed by atoms with van der Waals surface area (Å²) in [7, 11) is 0. The van der Waals surface area contributed by atoms with Crippen molar-refractivity contribution < 1.29 is 10.2 Å². The van der Waals surface area contributed by atoms with Crippen molar-refractivity contribution in [2.45, 2.75) is 37.4 Å². The van der Waals surface area contributed by atoms with Crippen LogP contribution in [0.2, 0.25) is 10.0 Å². The summed E-state index contributed by atoms with van der Waals surface area (Å²) in [5.41, 5.74) is -0.0940. The molecule has 108 valence electrons. The van der Waals surface area contributed by atoms with E-state index in [0.717, 1.165) is 5.56 Å². The Balaban J connectivity index is 3.15. The van der Waals surface area contributed by atoms with Gasteiger partial charge in [-0.2, -0.15) is 5.26 Å². The summed E-state index contributed by atoms with van der Waals surface area (Å²) < 4.78 is 0. The Morgan fingerprint density at radius 1 is 1.30 bits per heavy atom. The molecule has 2 N–H and O–H groups in total. The molecule has 0 aliphatic heterocycles. The number of halogens is 2. The minimum absolute atomic E-state index is 0.116. The molecular formula is C15H17Cl2NO2. The molecule has 3 nitrogen and oxygen atoms in total. The van der Waals surface area contributed by atoms with Gasteiger partial charge in [0.15, 0.2) is 6.29 Å². The Labute approximate surface area is 129 Å². The number of nitriles is 1. The van der Waals surface area contributed by atoms with Gasteiger partial charge in [0.2, 0.25) is 0 Å². The molecule has 0 unspecified atom stereocenters. The molecule has 1 aromatic rings. The summed E-state index contributed by atoms with van der Waals surface area (Å²) in [6, 6.07) is 7.37. The van der Waals surface area contributed by atoms with Crippen molar-refractivity contribution in [1.29, 1.82) is 5.26 Å². The molecule has 0 fully saturated rings. The molecule has 1 atom stereocenters. The summed E-state index contributed by atoms with van der Waals surface area (Å²) in [6.07, 6.45) is 1.93. The fraction of sp³-hybridized carbons (Fsp3) is 0.400. The van der Waals surface area contributed by atoms with E-state index in [4.69, 9.17) is 33.4 Å². The predicted octanol–water partition coefficient (Wildman–Crippen LogP) is 3.81. The Bertz CT molecular complexity index is 511. The van der Waals surface area contributed by atoms with E-state index >= 15 is 0 Å². The van der Waals surface area contributed by atoms with Gasteiger partial charge in [0.1, 0.15) is 0 Å². The highest BCUT2D eigenvalue weighted by atomic mass is 35.5. The molecule has 0 radical (unpaired) electrons. The Kier molecular flexibility index (Phi) is 6.51. The molecule has 5 heteroatoms. The minimum atomic E-state index is -1.44. The zero-order valence-corrected chi connectivity index (χ0v) is 12.5. The highest BCUT2D eigenvalue weighted by Crippen LogP contribution is 2.37. The van der Waals surface area contributed by atoms with Gasteiger partial charge in [-0.25, -0.2) is 0 Å². The minimum Gasteiger partial charge on any atom is -0.368 e. The monoisotopic (exact) mass is 313 g/mol. The first kappa shape index (κ1) is 17.0. The van der Waals surface area contributed by atoms with Gasteiger partial charge in [-0.05, 0) is 43.4 Å². The van der Waals surface area contributed by atoms with Crippen LogP contribution in [0.1, 0.15) is 31.2 Å². The second-order valence-corrected chi connectivity index (χ2v) is 5.48. The molecule has 1 rings (SSSR count). The van der Waals surface area contributed by atoms with Crippen molar-refractivity contribution in [2.75, 3.05) is 0 Å². The fourth-order valence-corrected chi connectivity index (χ4v) is 2.41. The normalized spacial score (nSPS) is 13.8. The van der Waals surface area contributed by atoms with E-state index in [1.807, 2.05) is 0 Å². The Hall–Kier alpha value is -1.05. The summed E-state index contributed by atoms with van der Waals surface area (Å²) >= 11 is 11.9. The lowest BCUT2D eigenvalue weighted by atomic mass is 9.74.